The molecule has 0 unspecified atom stereocenters. The van der Waals surface area contributed by atoms with Gasteiger partial charge in [-0.1, -0.05) is 37.0 Å². The van der Waals surface area contributed by atoms with E-state index in [2.05, 4.69) is 15.0 Å². The van der Waals surface area contributed by atoms with Gasteiger partial charge in [0.25, 0.3) is 0 Å². The molecule has 0 N–H and O–H groups in total. The first-order valence-electron chi connectivity index (χ1n) is 5.14. The first-order valence-corrected chi connectivity index (χ1v) is 6.78. The van der Waals surface area contributed by atoms with E-state index in [1.54, 1.807) is 11.3 Å². The molecule has 2 aromatic heterocycles. The topological polar surface area (TPSA) is 38.7 Å². The average molecular weight is 288 g/mol. The van der Waals surface area contributed by atoms with Crippen LogP contribution < -0.4 is 0 Å². The van der Waals surface area contributed by atoms with Gasteiger partial charge in [0.05, 0.1) is 5.01 Å². The van der Waals surface area contributed by atoms with Crippen LogP contribution in [0.2, 0.25) is 10.3 Å². The van der Waals surface area contributed by atoms with E-state index in [-0.39, 0.29) is 5.92 Å². The number of aromatic nitrogens is 3. The Kier molecular flexibility index (Phi) is 3.66. The van der Waals surface area contributed by atoms with Gasteiger partial charge in [0.15, 0.2) is 5.82 Å². The minimum absolute atomic E-state index is 0.196. The number of nitrogens with zero attached hydrogens (tertiary/aromatic N) is 3. The Morgan fingerprint density at radius 2 is 1.71 bits per heavy atom. The summed E-state index contributed by atoms with van der Waals surface area (Å²) in [7, 11) is 0. The lowest BCUT2D eigenvalue weighted by molar-refractivity contribution is 0.847. The SMILES string of the molecule is Cc1nc(-c2nc(Cl)c(C(C)C)c(Cl)n2)cs1. The Morgan fingerprint density at radius 1 is 1.12 bits per heavy atom. The molecule has 2 heterocycles. The summed E-state index contributed by atoms with van der Waals surface area (Å²) < 4.78 is 0. The maximum atomic E-state index is 6.13. The largest absolute Gasteiger partial charge is 0.238 e. The normalized spacial score (nSPS) is 11.2. The van der Waals surface area contributed by atoms with Gasteiger partial charge in [0.1, 0.15) is 16.0 Å². The molecule has 2 rings (SSSR count). The Morgan fingerprint density at radius 3 is 2.12 bits per heavy atom. The van der Waals surface area contributed by atoms with Gasteiger partial charge in [-0.15, -0.1) is 11.3 Å². The predicted molar refractivity (Wildman–Crippen MR) is 72.0 cm³/mol. The Labute approximate surface area is 114 Å². The third-order valence-corrected chi connectivity index (χ3v) is 3.63. The molecular formula is C11H11Cl2N3S. The third-order valence-electron chi connectivity index (χ3n) is 2.28. The molecule has 0 spiro atoms. The van der Waals surface area contributed by atoms with Crippen molar-refractivity contribution in [2.45, 2.75) is 26.7 Å². The lowest BCUT2D eigenvalue weighted by Gasteiger charge is -2.09. The molecule has 0 fully saturated rings. The van der Waals surface area contributed by atoms with E-state index in [1.807, 2.05) is 26.2 Å². The van der Waals surface area contributed by atoms with Crippen molar-refractivity contribution < 1.29 is 0 Å². The molecule has 0 saturated heterocycles. The van der Waals surface area contributed by atoms with Crippen molar-refractivity contribution in [3.63, 3.8) is 0 Å². The lowest BCUT2D eigenvalue weighted by Crippen LogP contribution is -1.99. The van der Waals surface area contributed by atoms with Crippen molar-refractivity contribution in [2.24, 2.45) is 0 Å². The van der Waals surface area contributed by atoms with Crippen molar-refractivity contribution in [2.75, 3.05) is 0 Å². The minimum Gasteiger partial charge on any atom is -0.238 e. The smallest absolute Gasteiger partial charge is 0.181 e. The molecule has 0 aliphatic carbocycles. The van der Waals surface area contributed by atoms with Gasteiger partial charge in [-0.3, -0.25) is 0 Å². The number of hydrogen-bond donors (Lipinski definition) is 0. The second-order valence-corrected chi connectivity index (χ2v) is 5.73. The van der Waals surface area contributed by atoms with E-state index in [9.17, 15) is 0 Å². The van der Waals surface area contributed by atoms with Gasteiger partial charge < -0.3 is 0 Å². The van der Waals surface area contributed by atoms with Crippen LogP contribution >= 0.6 is 34.5 Å². The highest BCUT2D eigenvalue weighted by molar-refractivity contribution is 7.09. The van der Waals surface area contributed by atoms with Crippen LogP contribution in [0.1, 0.15) is 30.3 Å². The number of aryl methyl sites for hydroxylation is 1. The molecule has 0 saturated carbocycles. The summed E-state index contributed by atoms with van der Waals surface area (Å²) in [6, 6.07) is 0. The second kappa shape index (κ2) is 4.88. The van der Waals surface area contributed by atoms with E-state index >= 15 is 0 Å². The zero-order valence-corrected chi connectivity index (χ0v) is 12.0. The zero-order valence-electron chi connectivity index (χ0n) is 9.66. The van der Waals surface area contributed by atoms with E-state index in [4.69, 9.17) is 23.2 Å². The zero-order chi connectivity index (χ0) is 12.6. The Balaban J connectivity index is 2.52. The molecule has 3 nitrogen and oxygen atoms in total. The fourth-order valence-electron chi connectivity index (χ4n) is 1.47. The molecule has 17 heavy (non-hydrogen) atoms. The molecule has 0 aliphatic rings. The highest BCUT2D eigenvalue weighted by Gasteiger charge is 2.16. The van der Waals surface area contributed by atoms with Gasteiger partial charge in [-0.2, -0.15) is 0 Å². The summed E-state index contributed by atoms with van der Waals surface area (Å²) in [5.41, 5.74) is 1.50. The lowest BCUT2D eigenvalue weighted by atomic mass is 10.1. The first-order chi connectivity index (χ1) is 7.99. The summed E-state index contributed by atoms with van der Waals surface area (Å²) in [6.07, 6.45) is 0. The van der Waals surface area contributed by atoms with Crippen LogP contribution in [-0.4, -0.2) is 15.0 Å². The molecule has 0 bridgehead atoms. The molecule has 0 aliphatic heterocycles. The monoisotopic (exact) mass is 287 g/mol. The van der Waals surface area contributed by atoms with Gasteiger partial charge in [0.2, 0.25) is 0 Å². The quantitative estimate of drug-likeness (QED) is 0.772. The van der Waals surface area contributed by atoms with Crippen LogP contribution in [0, 0.1) is 6.92 Å². The van der Waals surface area contributed by atoms with Gasteiger partial charge in [-0.25, -0.2) is 15.0 Å². The van der Waals surface area contributed by atoms with Gasteiger partial charge in [0, 0.05) is 10.9 Å². The third kappa shape index (κ3) is 2.59. The van der Waals surface area contributed by atoms with Crippen LogP contribution in [0.4, 0.5) is 0 Å². The Hall–Kier alpha value is -0.710. The minimum atomic E-state index is 0.196. The van der Waals surface area contributed by atoms with Gasteiger partial charge >= 0.3 is 0 Å². The van der Waals surface area contributed by atoms with Crippen molar-refractivity contribution in [1.29, 1.82) is 0 Å². The summed E-state index contributed by atoms with van der Waals surface area (Å²) in [6.45, 7) is 5.94. The molecule has 2 aromatic rings. The van der Waals surface area contributed by atoms with Crippen molar-refractivity contribution in [1.82, 2.24) is 15.0 Å². The summed E-state index contributed by atoms with van der Waals surface area (Å²) in [5, 5.41) is 3.66. The number of rotatable bonds is 2. The fourth-order valence-corrected chi connectivity index (χ4v) is 2.89. The van der Waals surface area contributed by atoms with E-state index in [1.165, 1.54) is 0 Å². The maximum absolute atomic E-state index is 6.13. The van der Waals surface area contributed by atoms with Crippen molar-refractivity contribution in [3.8, 4) is 11.5 Å². The Bertz CT molecular complexity index is 528. The molecule has 0 amide bonds. The van der Waals surface area contributed by atoms with E-state index in [0.29, 0.717) is 21.8 Å². The standard InChI is InChI=1S/C11H11Cl2N3S/c1-5(2)8-9(12)15-11(16-10(8)13)7-4-17-6(3)14-7/h4-5H,1-3H3. The maximum Gasteiger partial charge on any atom is 0.181 e. The van der Waals surface area contributed by atoms with Crippen LogP contribution in [0.3, 0.4) is 0 Å². The highest BCUT2D eigenvalue weighted by atomic mass is 35.5. The number of halogens is 2. The molecule has 0 radical (unpaired) electrons. The van der Waals surface area contributed by atoms with Crippen LogP contribution in [0.25, 0.3) is 11.5 Å². The molecule has 90 valence electrons. The highest BCUT2D eigenvalue weighted by Crippen LogP contribution is 2.31. The summed E-state index contributed by atoms with van der Waals surface area (Å²) >= 11 is 13.8. The van der Waals surface area contributed by atoms with Gasteiger partial charge in [-0.05, 0) is 12.8 Å². The van der Waals surface area contributed by atoms with Crippen molar-refractivity contribution in [3.05, 3.63) is 26.3 Å². The van der Waals surface area contributed by atoms with E-state index < -0.39 is 0 Å². The number of thiazole rings is 1. The summed E-state index contributed by atoms with van der Waals surface area (Å²) in [5.74, 6) is 0.676. The summed E-state index contributed by atoms with van der Waals surface area (Å²) in [4.78, 5) is 12.8. The first kappa shape index (κ1) is 12.7. The molecule has 0 aromatic carbocycles. The average Bonchev–Trinajstić information content (AvgIpc) is 2.63. The van der Waals surface area contributed by atoms with Crippen LogP contribution in [0.15, 0.2) is 5.38 Å². The van der Waals surface area contributed by atoms with E-state index in [0.717, 1.165) is 10.6 Å². The van der Waals surface area contributed by atoms with Crippen molar-refractivity contribution >= 4 is 34.5 Å². The van der Waals surface area contributed by atoms with Crippen LogP contribution in [-0.2, 0) is 0 Å². The second-order valence-electron chi connectivity index (χ2n) is 3.95. The predicted octanol–water partition coefficient (Wildman–Crippen LogP) is 4.34. The fraction of sp³-hybridized carbons (Fsp3) is 0.364. The number of hydrogen-bond acceptors (Lipinski definition) is 4. The van der Waals surface area contributed by atoms with Crippen LogP contribution in [0.5, 0.6) is 0 Å². The molecule has 6 heteroatoms. The molecular weight excluding hydrogens is 277 g/mol. The molecule has 0 atom stereocenters.